The van der Waals surface area contributed by atoms with Gasteiger partial charge in [0.15, 0.2) is 0 Å². The summed E-state index contributed by atoms with van der Waals surface area (Å²) in [6.07, 6.45) is 5.15. The van der Waals surface area contributed by atoms with Crippen LogP contribution < -0.4 is 10.5 Å². The number of rotatable bonds is 3. The van der Waals surface area contributed by atoms with E-state index in [0.29, 0.717) is 5.92 Å². The molecule has 2 unspecified atom stereocenters. The van der Waals surface area contributed by atoms with Crippen LogP contribution in [0, 0.1) is 19.8 Å². The van der Waals surface area contributed by atoms with Crippen LogP contribution in [0.5, 0.6) is 5.19 Å². The van der Waals surface area contributed by atoms with Gasteiger partial charge in [0.05, 0.1) is 5.69 Å². The minimum atomic E-state index is 0.281. The summed E-state index contributed by atoms with van der Waals surface area (Å²) < 4.78 is 5.99. The van der Waals surface area contributed by atoms with E-state index in [2.05, 4.69) is 11.9 Å². The van der Waals surface area contributed by atoms with E-state index >= 15 is 0 Å². The third-order valence-electron chi connectivity index (χ3n) is 3.40. The fourth-order valence-electron chi connectivity index (χ4n) is 2.22. The first-order valence-corrected chi connectivity index (χ1v) is 6.83. The Balaban J connectivity index is 2.02. The highest BCUT2D eigenvalue weighted by Gasteiger charge is 2.26. The lowest BCUT2D eigenvalue weighted by molar-refractivity contribution is 0.0966. The van der Waals surface area contributed by atoms with Gasteiger partial charge < -0.3 is 10.5 Å². The molecular formula is C12H20N2OS. The van der Waals surface area contributed by atoms with Crippen molar-refractivity contribution in [3.63, 3.8) is 0 Å². The van der Waals surface area contributed by atoms with E-state index in [0.717, 1.165) is 23.9 Å². The molecule has 0 aromatic carbocycles. The lowest BCUT2D eigenvalue weighted by Crippen LogP contribution is -2.35. The molecule has 16 heavy (non-hydrogen) atoms. The Morgan fingerprint density at radius 2 is 2.12 bits per heavy atom. The first-order chi connectivity index (χ1) is 7.70. The van der Waals surface area contributed by atoms with Crippen LogP contribution in [0.25, 0.3) is 0 Å². The maximum Gasteiger partial charge on any atom is 0.273 e. The van der Waals surface area contributed by atoms with Crippen LogP contribution in [0.3, 0.4) is 0 Å². The second-order valence-corrected chi connectivity index (χ2v) is 5.72. The third-order valence-corrected chi connectivity index (χ3v) is 4.37. The van der Waals surface area contributed by atoms with Gasteiger partial charge in [0.25, 0.3) is 5.19 Å². The molecule has 0 spiro atoms. The second-order valence-electron chi connectivity index (χ2n) is 4.56. The lowest BCUT2D eigenvalue weighted by atomic mass is 9.86. The zero-order valence-electron chi connectivity index (χ0n) is 10.0. The summed E-state index contributed by atoms with van der Waals surface area (Å²) in [4.78, 5) is 5.67. The molecule has 2 rings (SSSR count). The molecule has 1 aliphatic rings. The average Bonchev–Trinajstić information content (AvgIpc) is 2.59. The number of aromatic nitrogens is 1. The van der Waals surface area contributed by atoms with Crippen molar-refractivity contribution < 1.29 is 4.74 Å². The number of hydrogen-bond donors (Lipinski definition) is 1. The number of thiazole rings is 1. The third kappa shape index (κ3) is 2.55. The molecule has 90 valence electrons. The largest absolute Gasteiger partial charge is 0.466 e. The Kier molecular flexibility index (Phi) is 3.82. The monoisotopic (exact) mass is 240 g/mol. The Morgan fingerprint density at radius 3 is 2.75 bits per heavy atom. The topological polar surface area (TPSA) is 48.1 Å². The van der Waals surface area contributed by atoms with Gasteiger partial charge in [0.1, 0.15) is 6.10 Å². The average molecular weight is 240 g/mol. The molecule has 0 radical (unpaired) electrons. The molecule has 1 aliphatic carbocycles. The molecule has 1 heterocycles. The van der Waals surface area contributed by atoms with Gasteiger partial charge in [-0.25, -0.2) is 4.98 Å². The minimum absolute atomic E-state index is 0.281. The zero-order valence-corrected chi connectivity index (χ0v) is 10.8. The van der Waals surface area contributed by atoms with Gasteiger partial charge in [-0.3, -0.25) is 0 Å². The van der Waals surface area contributed by atoms with Gasteiger partial charge in [-0.15, -0.1) is 0 Å². The molecule has 0 saturated heterocycles. The van der Waals surface area contributed by atoms with Crippen molar-refractivity contribution >= 4 is 11.3 Å². The lowest BCUT2D eigenvalue weighted by Gasteiger charge is -2.29. The number of nitrogens with zero attached hydrogens (tertiary/aromatic N) is 1. The van der Waals surface area contributed by atoms with Crippen molar-refractivity contribution in [2.24, 2.45) is 11.7 Å². The van der Waals surface area contributed by atoms with E-state index in [1.165, 1.54) is 24.1 Å². The van der Waals surface area contributed by atoms with Crippen molar-refractivity contribution in [3.05, 3.63) is 10.6 Å². The summed E-state index contributed by atoms with van der Waals surface area (Å²) in [5, 5.41) is 0.820. The molecule has 1 fully saturated rings. The van der Waals surface area contributed by atoms with Crippen molar-refractivity contribution in [2.45, 2.75) is 45.6 Å². The molecule has 1 saturated carbocycles. The van der Waals surface area contributed by atoms with Gasteiger partial charge in [0, 0.05) is 10.8 Å². The van der Waals surface area contributed by atoms with Crippen LogP contribution in [0.1, 0.15) is 36.3 Å². The van der Waals surface area contributed by atoms with E-state index < -0.39 is 0 Å². The number of hydrogen-bond acceptors (Lipinski definition) is 4. The Labute approximate surface area is 101 Å². The highest BCUT2D eigenvalue weighted by atomic mass is 32.1. The molecular weight excluding hydrogens is 220 g/mol. The minimum Gasteiger partial charge on any atom is -0.466 e. The highest BCUT2D eigenvalue weighted by Crippen LogP contribution is 2.30. The van der Waals surface area contributed by atoms with Crippen molar-refractivity contribution in [2.75, 3.05) is 6.54 Å². The Bertz CT molecular complexity index is 331. The molecule has 0 bridgehead atoms. The molecule has 0 amide bonds. The number of aryl methyl sites for hydroxylation is 2. The Hall–Kier alpha value is -0.610. The summed E-state index contributed by atoms with van der Waals surface area (Å²) in [5.74, 6) is 0.512. The fraction of sp³-hybridized carbons (Fsp3) is 0.750. The van der Waals surface area contributed by atoms with Crippen molar-refractivity contribution in [3.8, 4) is 5.19 Å². The molecule has 1 aromatic rings. The van der Waals surface area contributed by atoms with Crippen molar-refractivity contribution in [1.82, 2.24) is 4.98 Å². The number of ether oxygens (including phenoxy) is 1. The van der Waals surface area contributed by atoms with Crippen LogP contribution >= 0.6 is 11.3 Å². The van der Waals surface area contributed by atoms with E-state index in [9.17, 15) is 0 Å². The van der Waals surface area contributed by atoms with E-state index in [1.54, 1.807) is 11.3 Å². The summed E-state index contributed by atoms with van der Waals surface area (Å²) >= 11 is 1.65. The molecule has 3 nitrogen and oxygen atoms in total. The molecule has 2 atom stereocenters. The van der Waals surface area contributed by atoms with Gasteiger partial charge in [-0.05, 0) is 39.7 Å². The predicted molar refractivity (Wildman–Crippen MR) is 67.0 cm³/mol. The van der Waals surface area contributed by atoms with Gasteiger partial charge in [0.2, 0.25) is 0 Å². The van der Waals surface area contributed by atoms with Crippen LogP contribution in [-0.2, 0) is 0 Å². The van der Waals surface area contributed by atoms with Gasteiger partial charge in [-0.2, -0.15) is 0 Å². The summed E-state index contributed by atoms with van der Waals surface area (Å²) in [7, 11) is 0. The standard InChI is InChI=1S/C12H20N2OS/c1-8-9(2)16-12(14-8)15-11-6-4-3-5-10(11)7-13/h10-11H,3-7,13H2,1-2H3. The molecule has 1 aromatic heterocycles. The van der Waals surface area contributed by atoms with E-state index in [1.807, 2.05) is 6.92 Å². The number of nitrogens with two attached hydrogens (primary N) is 1. The zero-order chi connectivity index (χ0) is 11.5. The SMILES string of the molecule is Cc1nc(OC2CCCCC2CN)sc1C. The molecule has 4 heteroatoms. The molecule has 0 aliphatic heterocycles. The van der Waals surface area contributed by atoms with E-state index in [-0.39, 0.29) is 6.10 Å². The first-order valence-electron chi connectivity index (χ1n) is 6.01. The maximum absolute atomic E-state index is 5.99. The molecule has 2 N–H and O–H groups in total. The highest BCUT2D eigenvalue weighted by molar-refractivity contribution is 7.13. The van der Waals surface area contributed by atoms with E-state index in [4.69, 9.17) is 10.5 Å². The predicted octanol–water partition coefficient (Wildman–Crippen LogP) is 2.66. The van der Waals surface area contributed by atoms with Crippen LogP contribution in [0.2, 0.25) is 0 Å². The normalized spacial score (nSPS) is 25.7. The Morgan fingerprint density at radius 1 is 1.38 bits per heavy atom. The van der Waals surface area contributed by atoms with Crippen LogP contribution in [0.4, 0.5) is 0 Å². The van der Waals surface area contributed by atoms with Crippen LogP contribution in [0.15, 0.2) is 0 Å². The quantitative estimate of drug-likeness (QED) is 0.883. The van der Waals surface area contributed by atoms with Gasteiger partial charge in [-0.1, -0.05) is 17.8 Å². The van der Waals surface area contributed by atoms with Gasteiger partial charge >= 0.3 is 0 Å². The summed E-state index contributed by atoms with van der Waals surface area (Å²) in [5.41, 5.74) is 6.87. The fourth-order valence-corrected chi connectivity index (χ4v) is 3.03. The summed E-state index contributed by atoms with van der Waals surface area (Å²) in [6, 6.07) is 0. The smallest absolute Gasteiger partial charge is 0.273 e. The van der Waals surface area contributed by atoms with Crippen LogP contribution in [-0.4, -0.2) is 17.6 Å². The second kappa shape index (κ2) is 5.15. The maximum atomic E-state index is 5.99. The summed E-state index contributed by atoms with van der Waals surface area (Å²) in [6.45, 7) is 4.84. The van der Waals surface area contributed by atoms with Crippen molar-refractivity contribution in [1.29, 1.82) is 0 Å². The first kappa shape index (κ1) is 11.9.